The molecule has 3 rings (SSSR count). The van der Waals surface area contributed by atoms with Crippen LogP contribution in [0.15, 0.2) is 49.0 Å². The van der Waals surface area contributed by atoms with Crippen LogP contribution >= 0.6 is 0 Å². The van der Waals surface area contributed by atoms with Crippen molar-refractivity contribution in [1.82, 2.24) is 0 Å². The minimum absolute atomic E-state index is 0.00225. The highest BCUT2D eigenvalue weighted by molar-refractivity contribution is 5.80. The molecule has 152 valence electrons. The first-order valence-corrected chi connectivity index (χ1v) is 8.58. The monoisotopic (exact) mass is 401 g/mol. The van der Waals surface area contributed by atoms with Crippen LogP contribution in [-0.4, -0.2) is 25.2 Å². The van der Waals surface area contributed by atoms with E-state index in [1.165, 1.54) is 20.3 Å². The average molecular weight is 401 g/mol. The Morgan fingerprint density at radius 1 is 1.24 bits per heavy atom. The van der Waals surface area contributed by atoms with E-state index in [2.05, 4.69) is 0 Å². The molecule has 0 fully saturated rings. The number of nitrogens with two attached hydrogens (primary N) is 1. The Bertz CT molecular complexity index is 1180. The third-order valence-electron chi connectivity index (χ3n) is 4.39. The van der Waals surface area contributed by atoms with Gasteiger partial charge in [0.25, 0.3) is 0 Å². The lowest BCUT2D eigenvalue weighted by Gasteiger charge is -2.16. The molecule has 0 unspecified atom stereocenters. The van der Waals surface area contributed by atoms with E-state index in [1.807, 2.05) is 0 Å². The minimum atomic E-state index is -1.14. The number of aromatic hydroxyl groups is 1. The van der Waals surface area contributed by atoms with Gasteiger partial charge in [-0.25, -0.2) is 0 Å². The molecular weight excluding hydrogens is 382 g/mol. The molecule has 0 saturated carbocycles. The van der Waals surface area contributed by atoms with Crippen LogP contribution in [0.4, 0.5) is 0 Å². The van der Waals surface area contributed by atoms with Crippen molar-refractivity contribution in [2.24, 2.45) is 5.73 Å². The average Bonchev–Trinajstić information content (AvgIpc) is 2.69. The van der Waals surface area contributed by atoms with E-state index in [-0.39, 0.29) is 29.1 Å². The summed E-state index contributed by atoms with van der Waals surface area (Å²) in [6.07, 6.45) is 0.764. The highest BCUT2D eigenvalue weighted by Crippen LogP contribution is 2.32. The summed E-state index contributed by atoms with van der Waals surface area (Å²) in [6.45, 7) is -0.0463. The van der Waals surface area contributed by atoms with Crippen LogP contribution in [0.3, 0.4) is 0 Å². The molecule has 0 aliphatic rings. The summed E-state index contributed by atoms with van der Waals surface area (Å²) in [6, 6.07) is 5.75. The van der Waals surface area contributed by atoms with E-state index in [1.54, 1.807) is 12.1 Å². The van der Waals surface area contributed by atoms with Crippen molar-refractivity contribution in [1.29, 1.82) is 0 Å². The molecule has 1 aromatic carbocycles. The fraction of sp³-hybridized carbons (Fsp3) is 0.250. The van der Waals surface area contributed by atoms with Gasteiger partial charge in [0.05, 0.1) is 24.7 Å². The van der Waals surface area contributed by atoms with Crippen LogP contribution < -0.4 is 21.3 Å². The van der Waals surface area contributed by atoms with Gasteiger partial charge in [0.15, 0.2) is 11.2 Å². The van der Waals surface area contributed by atoms with Crippen molar-refractivity contribution < 1.29 is 28.2 Å². The predicted molar refractivity (Wildman–Crippen MR) is 102 cm³/mol. The summed E-state index contributed by atoms with van der Waals surface area (Å²) < 4.78 is 21.2. The number of carbonyl (C=O) groups is 1. The minimum Gasteiger partial charge on any atom is -0.502 e. The molecule has 3 N–H and O–H groups in total. The third-order valence-corrected chi connectivity index (χ3v) is 4.39. The molecule has 1 amide bonds. The molecule has 0 spiro atoms. The number of methoxy groups -OCH3 is 2. The van der Waals surface area contributed by atoms with Crippen LogP contribution in [0.25, 0.3) is 11.0 Å². The molecule has 0 aliphatic heterocycles. The number of amides is 1. The Morgan fingerprint density at radius 3 is 2.66 bits per heavy atom. The number of hydrogen-bond acceptors (Lipinski definition) is 8. The normalized spacial score (nSPS) is 12.1. The Balaban J connectivity index is 2.26. The number of hydrogen-bond donors (Lipinski definition) is 2. The number of ether oxygens (including phenoxy) is 2. The van der Waals surface area contributed by atoms with Crippen molar-refractivity contribution in [3.63, 3.8) is 0 Å². The van der Waals surface area contributed by atoms with Gasteiger partial charge in [-0.1, -0.05) is 0 Å². The second-order valence-corrected chi connectivity index (χ2v) is 6.33. The summed E-state index contributed by atoms with van der Waals surface area (Å²) in [5.41, 5.74) is 4.43. The highest BCUT2D eigenvalue weighted by Gasteiger charge is 2.28. The number of primary amides is 1. The Kier molecular flexibility index (Phi) is 5.69. The number of fused-ring (bicyclic) bond motifs is 1. The smallest absolute Gasteiger partial charge is 0.227 e. The van der Waals surface area contributed by atoms with E-state index in [0.29, 0.717) is 11.3 Å². The van der Waals surface area contributed by atoms with E-state index >= 15 is 0 Å². The predicted octanol–water partition coefficient (Wildman–Crippen LogP) is 1.61. The second-order valence-electron chi connectivity index (χ2n) is 6.33. The third kappa shape index (κ3) is 3.99. The van der Waals surface area contributed by atoms with Gasteiger partial charge in [0.1, 0.15) is 23.7 Å². The SMILES string of the molecule is COCc1cc(=O)c(O)c([C@H](CC(N)=O)c2coc3ccc(OC)cc3c2=O)o1. The van der Waals surface area contributed by atoms with Gasteiger partial charge in [0.2, 0.25) is 17.1 Å². The standard InChI is InChI=1S/C20H19NO8/c1-26-8-11-6-15(22)19(25)20(29-11)12(7-17(21)23)14-9-28-16-4-3-10(27-2)5-13(16)18(14)24/h3-6,9,12,25H,7-8H2,1-2H3,(H2,21,23)/t12-/m1/s1. The maximum atomic E-state index is 13.1. The highest BCUT2D eigenvalue weighted by atomic mass is 16.5. The maximum Gasteiger partial charge on any atom is 0.227 e. The number of rotatable bonds is 7. The topological polar surface area (TPSA) is 142 Å². The molecular formula is C20H19NO8. The number of benzene rings is 1. The zero-order chi connectivity index (χ0) is 21.1. The van der Waals surface area contributed by atoms with Crippen LogP contribution in [0.5, 0.6) is 11.5 Å². The molecule has 9 nitrogen and oxygen atoms in total. The number of carbonyl (C=O) groups excluding carboxylic acids is 1. The first-order valence-electron chi connectivity index (χ1n) is 8.58. The molecule has 0 bridgehead atoms. The first-order chi connectivity index (χ1) is 13.8. The second kappa shape index (κ2) is 8.19. The van der Waals surface area contributed by atoms with E-state index in [0.717, 1.165) is 12.3 Å². The molecule has 0 aliphatic carbocycles. The van der Waals surface area contributed by atoms with Gasteiger partial charge in [0, 0.05) is 25.2 Å². The maximum absolute atomic E-state index is 13.1. The van der Waals surface area contributed by atoms with Crippen molar-refractivity contribution in [2.45, 2.75) is 18.9 Å². The summed E-state index contributed by atoms with van der Waals surface area (Å²) in [4.78, 5) is 36.9. The van der Waals surface area contributed by atoms with Crippen LogP contribution in [-0.2, 0) is 16.1 Å². The fourth-order valence-corrected chi connectivity index (χ4v) is 3.04. The molecule has 0 saturated heterocycles. The van der Waals surface area contributed by atoms with E-state index < -0.39 is 34.9 Å². The molecule has 1 atom stereocenters. The zero-order valence-corrected chi connectivity index (χ0v) is 15.8. The molecule has 0 radical (unpaired) electrons. The summed E-state index contributed by atoms with van der Waals surface area (Å²) in [5.74, 6) is -2.33. The summed E-state index contributed by atoms with van der Waals surface area (Å²) >= 11 is 0. The van der Waals surface area contributed by atoms with Gasteiger partial charge in [-0.15, -0.1) is 0 Å². The first kappa shape index (κ1) is 20.2. The molecule has 2 aromatic heterocycles. The van der Waals surface area contributed by atoms with Gasteiger partial charge in [-0.05, 0) is 18.2 Å². The summed E-state index contributed by atoms with van der Waals surface area (Å²) in [7, 11) is 2.86. The largest absolute Gasteiger partial charge is 0.502 e. The molecule has 29 heavy (non-hydrogen) atoms. The molecule has 3 aromatic rings. The Hall–Kier alpha value is -3.59. The summed E-state index contributed by atoms with van der Waals surface area (Å²) in [5, 5.41) is 10.5. The van der Waals surface area contributed by atoms with Gasteiger partial charge in [-0.2, -0.15) is 0 Å². The van der Waals surface area contributed by atoms with Crippen molar-refractivity contribution in [3.05, 3.63) is 68.1 Å². The van der Waals surface area contributed by atoms with Crippen LogP contribution in [0, 0.1) is 0 Å². The lowest BCUT2D eigenvalue weighted by atomic mass is 9.92. The Labute approximate surface area is 164 Å². The van der Waals surface area contributed by atoms with Gasteiger partial charge in [-0.3, -0.25) is 14.4 Å². The lowest BCUT2D eigenvalue weighted by molar-refractivity contribution is -0.118. The van der Waals surface area contributed by atoms with Crippen molar-refractivity contribution in [3.8, 4) is 11.5 Å². The van der Waals surface area contributed by atoms with Gasteiger partial charge < -0.3 is 29.1 Å². The van der Waals surface area contributed by atoms with E-state index in [9.17, 15) is 19.5 Å². The van der Waals surface area contributed by atoms with E-state index in [4.69, 9.17) is 24.0 Å². The fourth-order valence-electron chi connectivity index (χ4n) is 3.04. The Morgan fingerprint density at radius 2 is 2.00 bits per heavy atom. The molecule has 9 heteroatoms. The molecule has 2 heterocycles. The van der Waals surface area contributed by atoms with Crippen LogP contribution in [0.2, 0.25) is 0 Å². The lowest BCUT2D eigenvalue weighted by Crippen LogP contribution is -2.22. The quantitative estimate of drug-likeness (QED) is 0.608. The van der Waals surface area contributed by atoms with Gasteiger partial charge >= 0.3 is 0 Å². The van der Waals surface area contributed by atoms with Crippen molar-refractivity contribution >= 4 is 16.9 Å². The van der Waals surface area contributed by atoms with Crippen molar-refractivity contribution in [2.75, 3.05) is 14.2 Å². The van der Waals surface area contributed by atoms with Crippen LogP contribution in [0.1, 0.15) is 29.4 Å². The zero-order valence-electron chi connectivity index (χ0n) is 15.8.